The maximum absolute atomic E-state index is 12.9. The molecule has 0 spiro atoms. The van der Waals surface area contributed by atoms with E-state index in [1.54, 1.807) is 11.2 Å². The summed E-state index contributed by atoms with van der Waals surface area (Å²) in [4.78, 5) is 0.407. The van der Waals surface area contributed by atoms with E-state index < -0.39 is 10.0 Å². The molecule has 4 nitrogen and oxygen atoms in total. The summed E-state index contributed by atoms with van der Waals surface area (Å²) in [5.41, 5.74) is 8.93. The molecule has 5 heteroatoms. The second-order valence-electron chi connectivity index (χ2n) is 5.97. The SMILES string of the molecule is Cc1cc(N)c(C)c(S(=O)(=O)N2CCCC(C)C2)c1C. The predicted molar refractivity (Wildman–Crippen MR) is 82.2 cm³/mol. The van der Waals surface area contributed by atoms with Gasteiger partial charge in [0.15, 0.2) is 0 Å². The molecule has 20 heavy (non-hydrogen) atoms. The molecule has 1 aromatic carbocycles. The molecular formula is C15H24N2O2S. The highest BCUT2D eigenvalue weighted by atomic mass is 32.2. The van der Waals surface area contributed by atoms with Crippen LogP contribution >= 0.6 is 0 Å². The molecule has 0 aliphatic carbocycles. The van der Waals surface area contributed by atoms with Crippen molar-refractivity contribution in [3.05, 3.63) is 22.8 Å². The van der Waals surface area contributed by atoms with Crippen LogP contribution in [0.1, 0.15) is 36.5 Å². The van der Waals surface area contributed by atoms with Crippen LogP contribution in [0.4, 0.5) is 5.69 Å². The lowest BCUT2D eigenvalue weighted by Crippen LogP contribution is -2.39. The van der Waals surface area contributed by atoms with E-state index in [1.807, 2.05) is 19.9 Å². The van der Waals surface area contributed by atoms with Gasteiger partial charge < -0.3 is 5.73 Å². The highest BCUT2D eigenvalue weighted by Gasteiger charge is 2.31. The van der Waals surface area contributed by atoms with Gasteiger partial charge in [-0.2, -0.15) is 4.31 Å². The van der Waals surface area contributed by atoms with Crippen LogP contribution in [0.15, 0.2) is 11.0 Å². The fraction of sp³-hybridized carbons (Fsp3) is 0.600. The number of nitrogens with two attached hydrogens (primary N) is 1. The van der Waals surface area contributed by atoms with E-state index in [4.69, 9.17) is 5.73 Å². The minimum Gasteiger partial charge on any atom is -0.398 e. The lowest BCUT2D eigenvalue weighted by atomic mass is 10.0. The Morgan fingerprint density at radius 3 is 2.50 bits per heavy atom. The average Bonchev–Trinajstić information content (AvgIpc) is 2.36. The zero-order chi connectivity index (χ0) is 15.1. The third kappa shape index (κ3) is 2.56. The number of benzene rings is 1. The van der Waals surface area contributed by atoms with Crippen LogP contribution in [-0.4, -0.2) is 25.8 Å². The smallest absolute Gasteiger partial charge is 0.243 e. The first kappa shape index (κ1) is 15.3. The molecule has 0 aromatic heterocycles. The summed E-state index contributed by atoms with van der Waals surface area (Å²) in [5.74, 6) is 0.418. The summed E-state index contributed by atoms with van der Waals surface area (Å²) >= 11 is 0. The zero-order valence-corrected chi connectivity index (χ0v) is 13.5. The highest BCUT2D eigenvalue weighted by Crippen LogP contribution is 2.32. The van der Waals surface area contributed by atoms with E-state index in [1.165, 1.54) is 0 Å². The van der Waals surface area contributed by atoms with Gasteiger partial charge in [-0.25, -0.2) is 8.42 Å². The largest absolute Gasteiger partial charge is 0.398 e. The number of anilines is 1. The van der Waals surface area contributed by atoms with Crippen molar-refractivity contribution in [3.8, 4) is 0 Å². The number of hydrogen-bond donors (Lipinski definition) is 1. The first-order chi connectivity index (χ1) is 9.25. The monoisotopic (exact) mass is 296 g/mol. The highest BCUT2D eigenvalue weighted by molar-refractivity contribution is 7.89. The van der Waals surface area contributed by atoms with Crippen molar-refractivity contribution in [1.82, 2.24) is 4.31 Å². The molecule has 1 aromatic rings. The van der Waals surface area contributed by atoms with Crippen molar-refractivity contribution in [1.29, 1.82) is 0 Å². The Morgan fingerprint density at radius 1 is 1.25 bits per heavy atom. The van der Waals surface area contributed by atoms with Crippen molar-refractivity contribution in [3.63, 3.8) is 0 Å². The van der Waals surface area contributed by atoms with E-state index in [2.05, 4.69) is 6.92 Å². The van der Waals surface area contributed by atoms with Crippen molar-refractivity contribution < 1.29 is 8.42 Å². The first-order valence-electron chi connectivity index (χ1n) is 7.11. The number of hydrogen-bond acceptors (Lipinski definition) is 3. The van der Waals surface area contributed by atoms with Gasteiger partial charge in [0.05, 0.1) is 4.90 Å². The Labute approximate surface area is 122 Å². The van der Waals surface area contributed by atoms with Crippen molar-refractivity contribution in [2.24, 2.45) is 5.92 Å². The van der Waals surface area contributed by atoms with E-state index in [0.717, 1.165) is 24.0 Å². The van der Waals surface area contributed by atoms with Gasteiger partial charge in [0.25, 0.3) is 0 Å². The Balaban J connectivity index is 2.55. The Bertz CT molecular complexity index is 597. The second-order valence-corrected chi connectivity index (χ2v) is 7.85. The average molecular weight is 296 g/mol. The van der Waals surface area contributed by atoms with Crippen LogP contribution in [0.25, 0.3) is 0 Å². The van der Waals surface area contributed by atoms with Crippen LogP contribution < -0.4 is 5.73 Å². The number of aryl methyl sites for hydroxylation is 1. The van der Waals surface area contributed by atoms with Gasteiger partial charge >= 0.3 is 0 Å². The standard InChI is InChI=1S/C15H24N2O2S/c1-10-6-5-7-17(9-10)20(18,19)15-12(3)11(2)8-14(16)13(15)4/h8,10H,5-7,9,16H2,1-4H3. The van der Waals surface area contributed by atoms with E-state index >= 15 is 0 Å². The molecule has 0 bridgehead atoms. The molecule has 1 heterocycles. The fourth-order valence-corrected chi connectivity index (χ4v) is 5.05. The molecular weight excluding hydrogens is 272 g/mol. The zero-order valence-electron chi connectivity index (χ0n) is 12.7. The Kier molecular flexibility index (Phi) is 4.12. The minimum atomic E-state index is -3.45. The molecule has 2 rings (SSSR count). The summed E-state index contributed by atoms with van der Waals surface area (Å²) in [6.45, 7) is 8.88. The number of rotatable bonds is 2. The Morgan fingerprint density at radius 2 is 1.90 bits per heavy atom. The van der Waals surface area contributed by atoms with Crippen LogP contribution in [0, 0.1) is 26.7 Å². The number of piperidine rings is 1. The normalized spacial score (nSPS) is 21.1. The first-order valence-corrected chi connectivity index (χ1v) is 8.55. The topological polar surface area (TPSA) is 63.4 Å². The molecule has 1 fully saturated rings. The third-order valence-electron chi connectivity index (χ3n) is 4.30. The lowest BCUT2D eigenvalue weighted by molar-refractivity contribution is 0.281. The van der Waals surface area contributed by atoms with Gasteiger partial charge in [-0.05, 0) is 62.3 Å². The quantitative estimate of drug-likeness (QED) is 0.853. The summed E-state index contributed by atoms with van der Waals surface area (Å²) < 4.78 is 27.5. The molecule has 0 saturated carbocycles. The molecule has 1 saturated heterocycles. The molecule has 1 aliphatic rings. The third-order valence-corrected chi connectivity index (χ3v) is 6.44. The van der Waals surface area contributed by atoms with E-state index in [-0.39, 0.29) is 0 Å². The van der Waals surface area contributed by atoms with Crippen LogP contribution in [0.3, 0.4) is 0 Å². The van der Waals surface area contributed by atoms with Gasteiger partial charge in [-0.1, -0.05) is 6.92 Å². The van der Waals surface area contributed by atoms with Crippen molar-refractivity contribution >= 4 is 15.7 Å². The van der Waals surface area contributed by atoms with Gasteiger partial charge in [-0.15, -0.1) is 0 Å². The molecule has 1 unspecified atom stereocenters. The van der Waals surface area contributed by atoms with Gasteiger partial charge in [-0.3, -0.25) is 0 Å². The molecule has 2 N–H and O–H groups in total. The second kappa shape index (κ2) is 5.37. The number of nitrogens with zero attached hydrogens (tertiary/aromatic N) is 1. The summed E-state index contributed by atoms with van der Waals surface area (Å²) in [6, 6.07) is 1.85. The van der Waals surface area contributed by atoms with Gasteiger partial charge in [0, 0.05) is 18.8 Å². The molecule has 1 atom stereocenters. The molecule has 112 valence electrons. The van der Waals surface area contributed by atoms with Crippen LogP contribution in [0.2, 0.25) is 0 Å². The number of nitrogen functional groups attached to an aromatic ring is 1. The van der Waals surface area contributed by atoms with Crippen molar-refractivity contribution in [2.75, 3.05) is 18.8 Å². The van der Waals surface area contributed by atoms with E-state index in [0.29, 0.717) is 35.2 Å². The predicted octanol–water partition coefficient (Wildman–Crippen LogP) is 2.61. The van der Waals surface area contributed by atoms with Crippen molar-refractivity contribution in [2.45, 2.75) is 45.4 Å². The van der Waals surface area contributed by atoms with Gasteiger partial charge in [0.1, 0.15) is 0 Å². The van der Waals surface area contributed by atoms with E-state index in [9.17, 15) is 8.42 Å². The maximum atomic E-state index is 12.9. The molecule has 1 aliphatic heterocycles. The number of sulfonamides is 1. The maximum Gasteiger partial charge on any atom is 0.243 e. The van der Waals surface area contributed by atoms with Gasteiger partial charge in [0.2, 0.25) is 10.0 Å². The fourth-order valence-electron chi connectivity index (χ4n) is 2.92. The molecule has 0 amide bonds. The summed E-state index contributed by atoms with van der Waals surface area (Å²) in [6.07, 6.45) is 2.03. The molecule has 0 radical (unpaired) electrons. The Hall–Kier alpha value is -1.07. The van der Waals surface area contributed by atoms with Crippen LogP contribution in [-0.2, 0) is 10.0 Å². The minimum absolute atomic E-state index is 0.407. The summed E-state index contributed by atoms with van der Waals surface area (Å²) in [5, 5.41) is 0. The van der Waals surface area contributed by atoms with Crippen LogP contribution in [0.5, 0.6) is 0 Å². The lowest BCUT2D eigenvalue weighted by Gasteiger charge is -2.31. The summed E-state index contributed by atoms with van der Waals surface area (Å²) in [7, 11) is -3.45.